The summed E-state index contributed by atoms with van der Waals surface area (Å²) in [5.41, 5.74) is 2.26. The molecule has 3 rings (SSSR count). The van der Waals surface area contributed by atoms with Gasteiger partial charge < -0.3 is 10.0 Å². The maximum atomic E-state index is 13.8. The molecule has 2 aromatic rings. The average Bonchev–Trinajstić information content (AvgIpc) is 2.90. The maximum absolute atomic E-state index is 13.8. The maximum Gasteiger partial charge on any atom is 0.313 e. The topological polar surface area (TPSA) is 74.7 Å². The summed E-state index contributed by atoms with van der Waals surface area (Å²) in [5.74, 6) is -0.283. The van der Waals surface area contributed by atoms with Crippen molar-refractivity contribution in [2.24, 2.45) is 5.41 Å². The Morgan fingerprint density at radius 3 is 2.52 bits per heavy atom. The van der Waals surface area contributed by atoms with E-state index in [4.69, 9.17) is 5.11 Å². The molecule has 0 unspecified atom stereocenters. The highest BCUT2D eigenvalue weighted by Crippen LogP contribution is 2.46. The number of hydrogen-bond donors (Lipinski definition) is 1. The van der Waals surface area contributed by atoms with E-state index < -0.39 is 15.8 Å². The van der Waals surface area contributed by atoms with E-state index in [0.29, 0.717) is 17.2 Å². The molecule has 0 aromatic heterocycles. The zero-order valence-electron chi connectivity index (χ0n) is 19.5. The third kappa shape index (κ3) is 6.08. The molecule has 1 N–H and O–H groups in total. The van der Waals surface area contributed by atoms with Crippen molar-refractivity contribution in [2.45, 2.75) is 55.1 Å². The van der Waals surface area contributed by atoms with Crippen LogP contribution in [0.15, 0.2) is 52.3 Å². The minimum atomic E-state index is -3.53. The van der Waals surface area contributed by atoms with Gasteiger partial charge in [-0.15, -0.1) is 23.5 Å². The molecule has 1 aliphatic rings. The molecule has 0 amide bonds. The number of fused-ring (bicyclic) bond motifs is 1. The van der Waals surface area contributed by atoms with Gasteiger partial charge in [-0.05, 0) is 48.9 Å². The van der Waals surface area contributed by atoms with Crippen molar-refractivity contribution in [3.8, 4) is 0 Å². The molecule has 0 bridgehead atoms. The van der Waals surface area contributed by atoms with Gasteiger partial charge >= 0.3 is 5.97 Å². The highest BCUT2D eigenvalue weighted by molar-refractivity contribution is 7.99. The second-order valence-electron chi connectivity index (χ2n) is 8.66. The van der Waals surface area contributed by atoms with Gasteiger partial charge in [0, 0.05) is 28.3 Å². The third-order valence-electron chi connectivity index (χ3n) is 6.34. The standard InChI is InChI=1S/C25H33NO4S3/c1-4-6-12-25(5-2)17-26(20-10-8-7-9-11-20)21-14-22(31-3)19(15-32-16-24(27)28)13-23(21)33(29,30)18-25/h7-11,13-14H,4-6,12,15-18H2,1-3H3,(H,27,28)/t25-/m1/s1. The Balaban J connectivity index is 2.18. The van der Waals surface area contributed by atoms with Gasteiger partial charge in [0.2, 0.25) is 0 Å². The fourth-order valence-corrected chi connectivity index (χ4v) is 8.14. The number of thioether (sulfide) groups is 2. The molecule has 0 radical (unpaired) electrons. The van der Waals surface area contributed by atoms with Crippen LogP contribution in [0.1, 0.15) is 45.1 Å². The van der Waals surface area contributed by atoms with Gasteiger partial charge in [0.15, 0.2) is 9.84 Å². The quantitative estimate of drug-likeness (QED) is 0.382. The van der Waals surface area contributed by atoms with Crippen LogP contribution in [-0.2, 0) is 20.4 Å². The van der Waals surface area contributed by atoms with Crippen molar-refractivity contribution >= 4 is 50.7 Å². The van der Waals surface area contributed by atoms with Crippen LogP contribution in [0.3, 0.4) is 0 Å². The van der Waals surface area contributed by atoms with E-state index in [1.54, 1.807) is 17.8 Å². The molecule has 0 saturated heterocycles. The largest absolute Gasteiger partial charge is 0.481 e. The number of para-hydroxylation sites is 1. The molecular formula is C25H33NO4S3. The summed E-state index contributed by atoms with van der Waals surface area (Å²) >= 11 is 2.86. The molecule has 0 fully saturated rings. The van der Waals surface area contributed by atoms with E-state index >= 15 is 0 Å². The Hall–Kier alpha value is -1.64. The van der Waals surface area contributed by atoms with Crippen LogP contribution < -0.4 is 4.90 Å². The lowest BCUT2D eigenvalue weighted by molar-refractivity contribution is -0.133. The van der Waals surface area contributed by atoms with Crippen LogP contribution in [0.25, 0.3) is 0 Å². The molecule has 5 nitrogen and oxygen atoms in total. The van der Waals surface area contributed by atoms with E-state index in [9.17, 15) is 13.2 Å². The molecular weight excluding hydrogens is 474 g/mol. The smallest absolute Gasteiger partial charge is 0.313 e. The monoisotopic (exact) mass is 507 g/mol. The van der Waals surface area contributed by atoms with Gasteiger partial charge in [-0.1, -0.05) is 44.9 Å². The number of rotatable bonds is 10. The van der Waals surface area contributed by atoms with Crippen LogP contribution in [0.5, 0.6) is 0 Å². The average molecular weight is 508 g/mol. The Bertz CT molecular complexity index is 1070. The molecule has 0 aliphatic carbocycles. The van der Waals surface area contributed by atoms with E-state index in [-0.39, 0.29) is 16.9 Å². The third-order valence-corrected chi connectivity index (χ3v) is 10.1. The first kappa shape index (κ1) is 26.0. The first-order valence-electron chi connectivity index (χ1n) is 11.3. The number of carboxylic acids is 1. The van der Waals surface area contributed by atoms with Crippen LogP contribution in [-0.4, -0.2) is 43.8 Å². The summed E-state index contributed by atoms with van der Waals surface area (Å²) in [6, 6.07) is 13.8. The number of carboxylic acid groups (broad SMARTS) is 1. The molecule has 1 aliphatic heterocycles. The lowest BCUT2D eigenvalue weighted by Crippen LogP contribution is -2.37. The van der Waals surface area contributed by atoms with Crippen molar-refractivity contribution in [3.63, 3.8) is 0 Å². The van der Waals surface area contributed by atoms with Crippen molar-refractivity contribution in [3.05, 3.63) is 48.0 Å². The van der Waals surface area contributed by atoms with Gasteiger partial charge in [0.25, 0.3) is 0 Å². The van der Waals surface area contributed by atoms with Gasteiger partial charge in [-0.2, -0.15) is 0 Å². The van der Waals surface area contributed by atoms with Crippen LogP contribution >= 0.6 is 23.5 Å². The minimum Gasteiger partial charge on any atom is -0.481 e. The summed E-state index contributed by atoms with van der Waals surface area (Å²) in [6.45, 7) is 4.90. The van der Waals surface area contributed by atoms with Crippen molar-refractivity contribution in [2.75, 3.05) is 29.2 Å². The number of sulfone groups is 1. The minimum absolute atomic E-state index is 0.0102. The fraction of sp³-hybridized carbons (Fsp3) is 0.480. The van der Waals surface area contributed by atoms with Crippen LogP contribution in [0, 0.1) is 5.41 Å². The van der Waals surface area contributed by atoms with Gasteiger partial charge in [0.1, 0.15) is 0 Å². The summed E-state index contributed by atoms with van der Waals surface area (Å²) in [7, 11) is -3.53. The molecule has 1 atom stereocenters. The highest BCUT2D eigenvalue weighted by Gasteiger charge is 2.41. The zero-order chi connectivity index (χ0) is 24.1. The second-order valence-corrected chi connectivity index (χ2v) is 12.4. The fourth-order valence-electron chi connectivity index (χ4n) is 4.48. The second kappa shape index (κ2) is 11.2. The number of nitrogens with zero attached hydrogens (tertiary/aromatic N) is 1. The summed E-state index contributed by atoms with van der Waals surface area (Å²) in [4.78, 5) is 14.5. The van der Waals surface area contributed by atoms with E-state index in [1.807, 2.05) is 42.7 Å². The highest BCUT2D eigenvalue weighted by atomic mass is 32.2. The number of hydrogen-bond acceptors (Lipinski definition) is 6. The molecule has 0 saturated carbocycles. The first-order chi connectivity index (χ1) is 15.7. The number of anilines is 2. The number of unbranched alkanes of at least 4 members (excludes halogenated alkanes) is 1. The SMILES string of the molecule is CCCC[C@]1(CC)CN(c2ccccc2)c2cc(SC)c(CSCC(=O)O)cc2S(=O)(=O)C1. The van der Waals surface area contributed by atoms with E-state index in [0.717, 1.165) is 47.5 Å². The predicted molar refractivity (Wildman–Crippen MR) is 140 cm³/mol. The first-order valence-corrected chi connectivity index (χ1v) is 15.3. The predicted octanol–water partition coefficient (Wildman–Crippen LogP) is 6.24. The molecule has 33 heavy (non-hydrogen) atoms. The summed E-state index contributed by atoms with van der Waals surface area (Å²) in [6.07, 6.45) is 5.66. The molecule has 2 aromatic carbocycles. The van der Waals surface area contributed by atoms with Crippen LogP contribution in [0.4, 0.5) is 11.4 Å². The van der Waals surface area contributed by atoms with E-state index in [1.165, 1.54) is 11.8 Å². The molecule has 180 valence electrons. The van der Waals surface area contributed by atoms with Gasteiger partial charge in [-0.25, -0.2) is 8.42 Å². The van der Waals surface area contributed by atoms with Crippen molar-refractivity contribution < 1.29 is 18.3 Å². The Morgan fingerprint density at radius 2 is 1.91 bits per heavy atom. The Labute approximate surface area is 206 Å². The van der Waals surface area contributed by atoms with E-state index in [2.05, 4.69) is 18.7 Å². The van der Waals surface area contributed by atoms with Crippen molar-refractivity contribution in [1.82, 2.24) is 0 Å². The number of carbonyl (C=O) groups is 1. The molecule has 8 heteroatoms. The zero-order valence-corrected chi connectivity index (χ0v) is 22.0. The Kier molecular flexibility index (Phi) is 8.81. The number of benzene rings is 2. The number of aliphatic carboxylic acids is 1. The lowest BCUT2D eigenvalue weighted by Gasteiger charge is -2.36. The summed E-state index contributed by atoms with van der Waals surface area (Å²) in [5, 5.41) is 9.02. The Morgan fingerprint density at radius 1 is 1.18 bits per heavy atom. The van der Waals surface area contributed by atoms with Gasteiger partial charge in [0.05, 0.1) is 22.1 Å². The summed E-state index contributed by atoms with van der Waals surface area (Å²) < 4.78 is 27.6. The molecule has 1 heterocycles. The van der Waals surface area contributed by atoms with Crippen molar-refractivity contribution in [1.29, 1.82) is 0 Å². The van der Waals surface area contributed by atoms with Gasteiger partial charge in [-0.3, -0.25) is 4.79 Å². The molecule has 0 spiro atoms. The van der Waals surface area contributed by atoms with Crippen LogP contribution in [0.2, 0.25) is 0 Å². The normalized spacial score (nSPS) is 19.7. The lowest BCUT2D eigenvalue weighted by atomic mass is 9.81.